The number of hydrogen-bond acceptors (Lipinski definition) is 2. The average molecular weight is 322 g/mol. The highest BCUT2D eigenvalue weighted by Gasteiger charge is 2.39. The second-order valence-electron chi connectivity index (χ2n) is 3.61. The summed E-state index contributed by atoms with van der Waals surface area (Å²) < 4.78 is 6.99. The van der Waals surface area contributed by atoms with Crippen molar-refractivity contribution in [2.75, 3.05) is 13.2 Å². The fourth-order valence-corrected chi connectivity index (χ4v) is 2.69. The van der Waals surface area contributed by atoms with Gasteiger partial charge in [0.1, 0.15) is 5.60 Å². The molecule has 1 aliphatic heterocycles. The van der Waals surface area contributed by atoms with Crippen molar-refractivity contribution in [3.05, 3.63) is 32.2 Å². The normalized spacial score (nSPS) is 19.1. The third-order valence-corrected chi connectivity index (χ3v) is 3.91. The summed E-state index contributed by atoms with van der Waals surface area (Å²) in [5.74, 6) is 0. The molecule has 76 valence electrons. The van der Waals surface area contributed by atoms with Crippen molar-refractivity contribution in [1.82, 2.24) is 0 Å². The zero-order valence-electron chi connectivity index (χ0n) is 7.68. The van der Waals surface area contributed by atoms with Crippen LogP contribution in [0.4, 0.5) is 0 Å². The number of aliphatic hydroxyl groups is 1. The Balaban J connectivity index is 2.51. The largest absolute Gasteiger partial charge is 0.380 e. The number of aryl methyl sites for hydroxylation is 1. The Kier molecular flexibility index (Phi) is 2.72. The highest BCUT2D eigenvalue weighted by molar-refractivity contribution is 9.11. The van der Waals surface area contributed by atoms with Crippen molar-refractivity contribution in [2.24, 2.45) is 0 Å². The molecular weight excluding hydrogens is 312 g/mol. The molecule has 1 aliphatic rings. The number of ether oxygens (including phenoxy) is 1. The number of benzene rings is 1. The van der Waals surface area contributed by atoms with E-state index < -0.39 is 5.60 Å². The van der Waals surface area contributed by atoms with E-state index in [9.17, 15) is 5.11 Å². The summed E-state index contributed by atoms with van der Waals surface area (Å²) in [6, 6.07) is 3.94. The van der Waals surface area contributed by atoms with Gasteiger partial charge in [0.25, 0.3) is 0 Å². The quantitative estimate of drug-likeness (QED) is 0.862. The Morgan fingerprint density at radius 1 is 1.36 bits per heavy atom. The van der Waals surface area contributed by atoms with Gasteiger partial charge >= 0.3 is 0 Å². The fraction of sp³-hybridized carbons (Fsp3) is 0.400. The van der Waals surface area contributed by atoms with Crippen LogP contribution < -0.4 is 0 Å². The maximum Gasteiger partial charge on any atom is 0.137 e. The Labute approximate surface area is 99.5 Å². The van der Waals surface area contributed by atoms with E-state index in [0.29, 0.717) is 13.2 Å². The molecule has 0 amide bonds. The molecule has 0 radical (unpaired) electrons. The predicted octanol–water partition coefficient (Wildman–Crippen LogP) is 2.74. The van der Waals surface area contributed by atoms with E-state index in [1.807, 2.05) is 19.1 Å². The average Bonchev–Trinajstić information content (AvgIpc) is 2.07. The Hall–Kier alpha value is 0.1000. The summed E-state index contributed by atoms with van der Waals surface area (Å²) in [6.45, 7) is 2.75. The molecule has 1 fully saturated rings. The molecular formula is C10H10Br2O2. The Morgan fingerprint density at radius 2 is 2.00 bits per heavy atom. The summed E-state index contributed by atoms with van der Waals surface area (Å²) in [5.41, 5.74) is 1.19. The highest BCUT2D eigenvalue weighted by Crippen LogP contribution is 2.37. The summed E-state index contributed by atoms with van der Waals surface area (Å²) in [7, 11) is 0. The second kappa shape index (κ2) is 3.59. The third-order valence-electron chi connectivity index (χ3n) is 2.40. The molecule has 14 heavy (non-hydrogen) atoms. The Morgan fingerprint density at radius 3 is 2.50 bits per heavy atom. The maximum absolute atomic E-state index is 10.1. The zero-order chi connectivity index (χ0) is 10.3. The van der Waals surface area contributed by atoms with Crippen LogP contribution in [0.2, 0.25) is 0 Å². The van der Waals surface area contributed by atoms with Crippen molar-refractivity contribution in [3.8, 4) is 0 Å². The Bertz CT molecular complexity index is 373. The maximum atomic E-state index is 10.1. The van der Waals surface area contributed by atoms with Crippen LogP contribution in [-0.4, -0.2) is 18.3 Å². The summed E-state index contributed by atoms with van der Waals surface area (Å²) in [5, 5.41) is 10.1. The van der Waals surface area contributed by atoms with Gasteiger partial charge in [0.2, 0.25) is 0 Å². The monoisotopic (exact) mass is 320 g/mol. The first-order valence-electron chi connectivity index (χ1n) is 4.29. The van der Waals surface area contributed by atoms with Gasteiger partial charge in [0.05, 0.1) is 13.2 Å². The third kappa shape index (κ3) is 1.65. The predicted molar refractivity (Wildman–Crippen MR) is 61.3 cm³/mol. The molecule has 0 aliphatic carbocycles. The lowest BCUT2D eigenvalue weighted by molar-refractivity contribution is -0.185. The minimum Gasteiger partial charge on any atom is -0.380 e. The molecule has 1 aromatic carbocycles. The SMILES string of the molecule is Cc1cc(Br)cc(C2(O)COC2)c1Br. The number of hydrogen-bond donors (Lipinski definition) is 1. The first-order chi connectivity index (χ1) is 6.53. The minimum atomic E-state index is -0.812. The molecule has 1 aromatic rings. The van der Waals surface area contributed by atoms with E-state index in [-0.39, 0.29) is 0 Å². The molecule has 0 bridgehead atoms. The van der Waals surface area contributed by atoms with Gasteiger partial charge in [0, 0.05) is 14.5 Å². The molecule has 4 heteroatoms. The van der Waals surface area contributed by atoms with Crippen LogP contribution in [0.3, 0.4) is 0 Å². The molecule has 2 nitrogen and oxygen atoms in total. The van der Waals surface area contributed by atoms with Crippen molar-refractivity contribution in [2.45, 2.75) is 12.5 Å². The van der Waals surface area contributed by atoms with E-state index in [4.69, 9.17) is 4.74 Å². The van der Waals surface area contributed by atoms with Gasteiger partial charge in [0.15, 0.2) is 0 Å². The van der Waals surface area contributed by atoms with Crippen molar-refractivity contribution in [1.29, 1.82) is 0 Å². The summed E-state index contributed by atoms with van der Waals surface area (Å²) in [6.07, 6.45) is 0. The topological polar surface area (TPSA) is 29.5 Å². The first-order valence-corrected chi connectivity index (χ1v) is 5.88. The molecule has 0 aromatic heterocycles. The van der Waals surface area contributed by atoms with Crippen molar-refractivity contribution < 1.29 is 9.84 Å². The van der Waals surface area contributed by atoms with Crippen LogP contribution in [0.5, 0.6) is 0 Å². The fourth-order valence-electron chi connectivity index (χ4n) is 1.52. The van der Waals surface area contributed by atoms with E-state index in [1.165, 1.54) is 0 Å². The van der Waals surface area contributed by atoms with Gasteiger partial charge in [-0.1, -0.05) is 31.9 Å². The lowest BCUT2D eigenvalue weighted by Crippen LogP contribution is -2.46. The van der Waals surface area contributed by atoms with E-state index in [2.05, 4.69) is 31.9 Å². The van der Waals surface area contributed by atoms with Crippen molar-refractivity contribution >= 4 is 31.9 Å². The van der Waals surface area contributed by atoms with Crippen LogP contribution in [0, 0.1) is 6.92 Å². The van der Waals surface area contributed by atoms with Crippen molar-refractivity contribution in [3.63, 3.8) is 0 Å². The van der Waals surface area contributed by atoms with E-state index >= 15 is 0 Å². The van der Waals surface area contributed by atoms with Crippen LogP contribution >= 0.6 is 31.9 Å². The molecule has 0 spiro atoms. The van der Waals surface area contributed by atoms with E-state index in [1.54, 1.807) is 0 Å². The first kappa shape index (κ1) is 10.6. The second-order valence-corrected chi connectivity index (χ2v) is 5.32. The molecule has 0 unspecified atom stereocenters. The molecule has 1 N–H and O–H groups in total. The molecule has 1 saturated heterocycles. The van der Waals surface area contributed by atoms with Crippen LogP contribution in [0.1, 0.15) is 11.1 Å². The number of rotatable bonds is 1. The lowest BCUT2D eigenvalue weighted by atomic mass is 9.91. The van der Waals surface area contributed by atoms with Gasteiger partial charge in [-0.05, 0) is 24.6 Å². The zero-order valence-corrected chi connectivity index (χ0v) is 10.9. The van der Waals surface area contributed by atoms with Crippen LogP contribution in [0.15, 0.2) is 21.1 Å². The minimum absolute atomic E-state index is 0.376. The lowest BCUT2D eigenvalue weighted by Gasteiger charge is -2.37. The highest BCUT2D eigenvalue weighted by atomic mass is 79.9. The van der Waals surface area contributed by atoms with Gasteiger partial charge in [-0.2, -0.15) is 0 Å². The van der Waals surface area contributed by atoms with Gasteiger partial charge in [-0.3, -0.25) is 0 Å². The van der Waals surface area contributed by atoms with E-state index in [0.717, 1.165) is 20.1 Å². The van der Waals surface area contributed by atoms with Crippen LogP contribution in [-0.2, 0) is 10.3 Å². The molecule has 0 atom stereocenters. The van der Waals surface area contributed by atoms with Crippen LogP contribution in [0.25, 0.3) is 0 Å². The smallest absolute Gasteiger partial charge is 0.137 e. The summed E-state index contributed by atoms with van der Waals surface area (Å²) >= 11 is 6.91. The standard InChI is InChI=1S/C10H10Br2O2/c1-6-2-7(11)3-8(9(6)12)10(13)4-14-5-10/h2-3,13H,4-5H2,1H3. The molecule has 1 heterocycles. The van der Waals surface area contributed by atoms with Gasteiger partial charge < -0.3 is 9.84 Å². The molecule has 0 saturated carbocycles. The summed E-state index contributed by atoms with van der Waals surface area (Å²) in [4.78, 5) is 0. The van der Waals surface area contributed by atoms with Gasteiger partial charge in [-0.15, -0.1) is 0 Å². The van der Waals surface area contributed by atoms with Gasteiger partial charge in [-0.25, -0.2) is 0 Å². The number of halogens is 2. The molecule has 2 rings (SSSR count).